The van der Waals surface area contributed by atoms with Crippen LogP contribution in [-0.4, -0.2) is 0 Å². The summed E-state index contributed by atoms with van der Waals surface area (Å²) in [4.78, 5) is 0. The molecule has 0 aliphatic heterocycles. The molecule has 0 unspecified atom stereocenters. The van der Waals surface area contributed by atoms with Crippen LogP contribution >= 0.6 is 11.6 Å². The Bertz CT molecular complexity index is 607. The average Bonchev–Trinajstić information content (AvgIpc) is 2.39. The molecule has 0 heterocycles. The lowest BCUT2D eigenvalue weighted by molar-refractivity contribution is 0.299. The number of ether oxygens (including phenoxy) is 1. The second-order valence-electron chi connectivity index (χ2n) is 3.63. The first kappa shape index (κ1) is 12.4. The molecule has 0 amide bonds. The molecule has 2 rings (SSSR count). The summed E-state index contributed by atoms with van der Waals surface area (Å²) < 4.78 is 18.8. The molecule has 18 heavy (non-hydrogen) atoms. The third-order valence-electron chi connectivity index (χ3n) is 2.40. The van der Waals surface area contributed by atoms with Crippen LogP contribution < -0.4 is 4.74 Å². The molecule has 2 aromatic rings. The van der Waals surface area contributed by atoms with E-state index in [2.05, 4.69) is 0 Å². The van der Waals surface area contributed by atoms with E-state index in [0.717, 1.165) is 0 Å². The Balaban J connectivity index is 2.16. The highest BCUT2D eigenvalue weighted by atomic mass is 35.5. The standard InChI is InChI=1S/C14H9ClFNO/c15-12-5-6-14(11(7-12)8-17)18-9-10-3-1-2-4-13(10)16/h1-7H,9H2. The largest absolute Gasteiger partial charge is 0.487 e. The lowest BCUT2D eigenvalue weighted by Gasteiger charge is -2.08. The third kappa shape index (κ3) is 2.79. The number of nitriles is 1. The van der Waals surface area contributed by atoms with Crippen molar-refractivity contribution in [1.29, 1.82) is 5.26 Å². The van der Waals surface area contributed by atoms with Crippen LogP contribution in [0.3, 0.4) is 0 Å². The Morgan fingerprint density at radius 1 is 1.22 bits per heavy atom. The monoisotopic (exact) mass is 261 g/mol. The minimum absolute atomic E-state index is 0.0724. The fraction of sp³-hybridized carbons (Fsp3) is 0.0714. The van der Waals surface area contributed by atoms with E-state index in [4.69, 9.17) is 21.6 Å². The van der Waals surface area contributed by atoms with Gasteiger partial charge in [-0.15, -0.1) is 0 Å². The summed E-state index contributed by atoms with van der Waals surface area (Å²) in [5, 5.41) is 9.39. The molecule has 0 aliphatic rings. The molecule has 0 N–H and O–H groups in total. The molecule has 0 atom stereocenters. The normalized spacial score (nSPS) is 9.83. The molecule has 0 saturated carbocycles. The molecule has 90 valence electrons. The third-order valence-corrected chi connectivity index (χ3v) is 2.64. The van der Waals surface area contributed by atoms with E-state index in [1.54, 1.807) is 30.3 Å². The fourth-order valence-electron chi connectivity index (χ4n) is 1.49. The zero-order chi connectivity index (χ0) is 13.0. The van der Waals surface area contributed by atoms with Gasteiger partial charge in [0.1, 0.15) is 24.2 Å². The number of nitrogens with zero attached hydrogens (tertiary/aromatic N) is 1. The summed E-state index contributed by atoms with van der Waals surface area (Å²) in [6.07, 6.45) is 0. The Kier molecular flexibility index (Phi) is 3.81. The van der Waals surface area contributed by atoms with Crippen LogP contribution in [0.4, 0.5) is 4.39 Å². The van der Waals surface area contributed by atoms with Gasteiger partial charge in [0.2, 0.25) is 0 Å². The van der Waals surface area contributed by atoms with Crippen LogP contribution in [-0.2, 0) is 6.61 Å². The highest BCUT2D eigenvalue weighted by Crippen LogP contribution is 2.23. The lowest BCUT2D eigenvalue weighted by atomic mass is 10.2. The van der Waals surface area contributed by atoms with Crippen LogP contribution in [0.15, 0.2) is 42.5 Å². The first-order valence-electron chi connectivity index (χ1n) is 5.26. The van der Waals surface area contributed by atoms with Crippen molar-refractivity contribution in [2.75, 3.05) is 0 Å². The fourth-order valence-corrected chi connectivity index (χ4v) is 1.66. The predicted molar refractivity (Wildman–Crippen MR) is 66.9 cm³/mol. The number of rotatable bonds is 3. The first-order valence-corrected chi connectivity index (χ1v) is 5.64. The highest BCUT2D eigenvalue weighted by molar-refractivity contribution is 6.30. The van der Waals surface area contributed by atoms with Crippen molar-refractivity contribution in [1.82, 2.24) is 0 Å². The van der Waals surface area contributed by atoms with Gasteiger partial charge in [0.05, 0.1) is 5.56 Å². The summed E-state index contributed by atoms with van der Waals surface area (Å²) >= 11 is 5.77. The predicted octanol–water partition coefficient (Wildman–Crippen LogP) is 3.93. The second-order valence-corrected chi connectivity index (χ2v) is 4.07. The number of benzene rings is 2. The van der Waals surface area contributed by atoms with Gasteiger partial charge in [-0.2, -0.15) is 5.26 Å². The summed E-state index contributed by atoms with van der Waals surface area (Å²) in [6, 6.07) is 13.1. The molecule has 2 nitrogen and oxygen atoms in total. The quantitative estimate of drug-likeness (QED) is 0.839. The van der Waals surface area contributed by atoms with Crippen molar-refractivity contribution in [2.45, 2.75) is 6.61 Å². The molecule has 0 aliphatic carbocycles. The van der Waals surface area contributed by atoms with Crippen LogP contribution in [0, 0.1) is 17.1 Å². The molecule has 0 aromatic heterocycles. The minimum atomic E-state index is -0.329. The molecule has 4 heteroatoms. The Hall–Kier alpha value is -2.05. The van der Waals surface area contributed by atoms with Gasteiger partial charge < -0.3 is 4.74 Å². The molecule has 0 radical (unpaired) electrons. The van der Waals surface area contributed by atoms with Crippen molar-refractivity contribution in [3.05, 3.63) is 64.4 Å². The number of halogens is 2. The van der Waals surface area contributed by atoms with Crippen molar-refractivity contribution in [3.63, 3.8) is 0 Å². The van der Waals surface area contributed by atoms with Crippen LogP contribution in [0.25, 0.3) is 0 Å². The zero-order valence-corrected chi connectivity index (χ0v) is 10.1. The van der Waals surface area contributed by atoms with Crippen molar-refractivity contribution >= 4 is 11.6 Å². The van der Waals surface area contributed by atoms with Gasteiger partial charge in [0.15, 0.2) is 0 Å². The molecular formula is C14H9ClFNO. The van der Waals surface area contributed by atoms with E-state index >= 15 is 0 Å². The van der Waals surface area contributed by atoms with E-state index in [-0.39, 0.29) is 12.4 Å². The lowest BCUT2D eigenvalue weighted by Crippen LogP contribution is -1.99. The van der Waals surface area contributed by atoms with E-state index in [9.17, 15) is 4.39 Å². The van der Waals surface area contributed by atoms with Gasteiger partial charge in [-0.3, -0.25) is 0 Å². The Morgan fingerprint density at radius 2 is 2.00 bits per heavy atom. The molecular weight excluding hydrogens is 253 g/mol. The van der Waals surface area contributed by atoms with Gasteiger partial charge in [-0.05, 0) is 24.3 Å². The van der Waals surface area contributed by atoms with Crippen molar-refractivity contribution in [2.24, 2.45) is 0 Å². The molecule has 2 aromatic carbocycles. The molecule has 0 bridgehead atoms. The van der Waals surface area contributed by atoms with Crippen molar-refractivity contribution in [3.8, 4) is 11.8 Å². The van der Waals surface area contributed by atoms with Gasteiger partial charge in [0, 0.05) is 10.6 Å². The maximum Gasteiger partial charge on any atom is 0.137 e. The van der Waals surface area contributed by atoms with E-state index in [1.165, 1.54) is 12.1 Å². The van der Waals surface area contributed by atoms with Crippen LogP contribution in [0.1, 0.15) is 11.1 Å². The Labute approximate surface area is 109 Å². The van der Waals surface area contributed by atoms with Gasteiger partial charge in [0.25, 0.3) is 0 Å². The SMILES string of the molecule is N#Cc1cc(Cl)ccc1OCc1ccccc1F. The molecule has 0 spiro atoms. The topological polar surface area (TPSA) is 33.0 Å². The summed E-state index contributed by atoms with van der Waals surface area (Å²) in [5.74, 6) is 0.0649. The van der Waals surface area contributed by atoms with E-state index in [1.807, 2.05) is 6.07 Å². The summed E-state index contributed by atoms with van der Waals surface area (Å²) in [6.45, 7) is 0.0724. The average molecular weight is 262 g/mol. The highest BCUT2D eigenvalue weighted by Gasteiger charge is 2.06. The van der Waals surface area contributed by atoms with Gasteiger partial charge in [-0.25, -0.2) is 4.39 Å². The smallest absolute Gasteiger partial charge is 0.137 e. The van der Waals surface area contributed by atoms with E-state index < -0.39 is 0 Å². The van der Waals surface area contributed by atoms with Gasteiger partial charge in [-0.1, -0.05) is 29.8 Å². The van der Waals surface area contributed by atoms with Crippen LogP contribution in [0.2, 0.25) is 5.02 Å². The van der Waals surface area contributed by atoms with Gasteiger partial charge >= 0.3 is 0 Å². The zero-order valence-electron chi connectivity index (χ0n) is 9.36. The summed E-state index contributed by atoms with van der Waals surface area (Å²) in [5.41, 5.74) is 0.773. The minimum Gasteiger partial charge on any atom is -0.487 e. The molecule has 0 fully saturated rings. The Morgan fingerprint density at radius 3 is 2.72 bits per heavy atom. The number of hydrogen-bond donors (Lipinski definition) is 0. The first-order chi connectivity index (χ1) is 8.70. The van der Waals surface area contributed by atoms with E-state index in [0.29, 0.717) is 21.9 Å². The number of hydrogen-bond acceptors (Lipinski definition) is 2. The van der Waals surface area contributed by atoms with Crippen molar-refractivity contribution < 1.29 is 9.13 Å². The van der Waals surface area contributed by atoms with Crippen LogP contribution in [0.5, 0.6) is 5.75 Å². The second kappa shape index (κ2) is 5.52. The maximum atomic E-state index is 13.4. The maximum absolute atomic E-state index is 13.4. The summed E-state index contributed by atoms with van der Waals surface area (Å²) in [7, 11) is 0. The molecule has 0 saturated heterocycles.